The second kappa shape index (κ2) is 16.4. The van der Waals surface area contributed by atoms with Crippen LogP contribution in [0.3, 0.4) is 0 Å². The summed E-state index contributed by atoms with van der Waals surface area (Å²) in [7, 11) is 5.95. The largest absolute Gasteiger partial charge is 0.494 e. The van der Waals surface area contributed by atoms with E-state index in [1.54, 1.807) is 36.1 Å². The highest BCUT2D eigenvalue weighted by Gasteiger charge is 2.36. The molecule has 1 saturated heterocycles. The molecule has 0 bridgehead atoms. The van der Waals surface area contributed by atoms with E-state index in [1.807, 2.05) is 30.5 Å². The quantitative estimate of drug-likeness (QED) is 0.130. The molecule has 13 nitrogen and oxygen atoms in total. The van der Waals surface area contributed by atoms with E-state index in [0.717, 1.165) is 84.5 Å². The van der Waals surface area contributed by atoms with Gasteiger partial charge in [-0.15, -0.1) is 0 Å². The Kier molecular flexibility index (Phi) is 11.0. The first kappa shape index (κ1) is 38.8. The van der Waals surface area contributed by atoms with E-state index in [2.05, 4.69) is 60.5 Å². The topological polar surface area (TPSA) is 138 Å². The summed E-state index contributed by atoms with van der Waals surface area (Å²) in [6.07, 6.45) is 7.61. The second-order valence-corrected chi connectivity index (χ2v) is 15.4. The number of hydrogen-bond donors (Lipinski definition) is 2. The van der Waals surface area contributed by atoms with E-state index in [0.29, 0.717) is 58.8 Å². The predicted molar refractivity (Wildman–Crippen MR) is 225 cm³/mol. The standard InChI is InChI=1S/C45H51N9O4/c1-6-28-12-10-13-29(7-2)38(28)48-42(55)40-35-17-11-14-30-27-46-45(47-36-19-18-32(26-37(36)58-5)52-22-20-31(21-23-52)51(3)4)49-39(30)41(35)54(50-40)25-24-53-43(56)33-15-8-9-16-34(33)44(53)57/h8-10,12-13,15-16,18-19,26-27,31H,6-7,11,14,17,20-25H2,1-5H3,(H,48,55)(H,46,47,49). The number of nitrogens with one attached hydrogen (secondary N) is 2. The molecule has 3 aromatic carbocycles. The number of imide groups is 1. The molecule has 3 amide bonds. The molecule has 0 radical (unpaired) electrons. The fourth-order valence-electron chi connectivity index (χ4n) is 8.61. The molecule has 13 heteroatoms. The van der Waals surface area contributed by atoms with E-state index < -0.39 is 0 Å². The Balaban J connectivity index is 1.14. The molecule has 2 aliphatic heterocycles. The van der Waals surface area contributed by atoms with Crippen molar-refractivity contribution in [1.29, 1.82) is 0 Å². The summed E-state index contributed by atoms with van der Waals surface area (Å²) >= 11 is 0. The van der Waals surface area contributed by atoms with Crippen LogP contribution >= 0.6 is 0 Å². The molecule has 1 aliphatic carbocycles. The molecule has 4 heterocycles. The van der Waals surface area contributed by atoms with Crippen LogP contribution in [0.1, 0.15) is 86.6 Å². The van der Waals surface area contributed by atoms with Crippen molar-refractivity contribution in [3.05, 3.63) is 106 Å². The maximum absolute atomic E-state index is 14.4. The van der Waals surface area contributed by atoms with Crippen molar-refractivity contribution in [3.63, 3.8) is 0 Å². The number of piperidine rings is 1. The number of hydrogen-bond acceptors (Lipinski definition) is 10. The van der Waals surface area contributed by atoms with Crippen LogP contribution in [0, 0.1) is 0 Å². The van der Waals surface area contributed by atoms with Crippen LogP contribution in [0.25, 0.3) is 11.4 Å². The number of para-hydroxylation sites is 1. The van der Waals surface area contributed by atoms with Gasteiger partial charge < -0.3 is 25.2 Å². The number of methoxy groups -OCH3 is 1. The molecule has 8 rings (SSSR count). The minimum absolute atomic E-state index is 0.0715. The molecule has 3 aliphatic rings. The van der Waals surface area contributed by atoms with E-state index in [4.69, 9.17) is 19.8 Å². The first-order valence-electron chi connectivity index (χ1n) is 20.4. The van der Waals surface area contributed by atoms with Gasteiger partial charge in [0, 0.05) is 54.9 Å². The third-order valence-corrected chi connectivity index (χ3v) is 11.9. The Labute approximate surface area is 339 Å². The average molecular weight is 782 g/mol. The van der Waals surface area contributed by atoms with Crippen LogP contribution in [0.2, 0.25) is 0 Å². The van der Waals surface area contributed by atoms with Crippen LogP contribution in [0.4, 0.5) is 23.0 Å². The van der Waals surface area contributed by atoms with Crippen molar-refractivity contribution in [2.45, 2.75) is 71.4 Å². The molecule has 2 N–H and O–H groups in total. The lowest BCUT2D eigenvalue weighted by Gasteiger charge is -2.36. The number of fused-ring (bicyclic) bond motifs is 4. The minimum atomic E-state index is -0.340. The van der Waals surface area contributed by atoms with Crippen LogP contribution in [-0.2, 0) is 32.2 Å². The smallest absolute Gasteiger partial charge is 0.276 e. The molecule has 0 spiro atoms. The van der Waals surface area contributed by atoms with Crippen molar-refractivity contribution in [1.82, 2.24) is 29.5 Å². The number of rotatable bonds is 12. The number of benzene rings is 3. The summed E-state index contributed by atoms with van der Waals surface area (Å²) in [6, 6.07) is 19.7. The lowest BCUT2D eigenvalue weighted by atomic mass is 10.0. The SMILES string of the molecule is CCc1cccc(CC)c1NC(=O)c1nn(CCN2C(=O)c3ccccc3C2=O)c2c1CCCc1cnc(Nc3ccc(N4CCC(N(C)C)CC4)cc3OC)nc1-2. The zero-order valence-electron chi connectivity index (χ0n) is 34.0. The number of anilines is 4. The zero-order chi connectivity index (χ0) is 40.5. The number of amides is 3. The van der Waals surface area contributed by atoms with Crippen molar-refractivity contribution in [2.24, 2.45) is 0 Å². The van der Waals surface area contributed by atoms with Crippen LogP contribution in [0.15, 0.2) is 66.9 Å². The summed E-state index contributed by atoms with van der Waals surface area (Å²) in [4.78, 5) is 57.0. The highest BCUT2D eigenvalue weighted by molar-refractivity contribution is 6.21. The molecule has 0 saturated carbocycles. The second-order valence-electron chi connectivity index (χ2n) is 15.4. The molecule has 1 fully saturated rings. The van der Waals surface area contributed by atoms with Crippen molar-refractivity contribution in [3.8, 4) is 17.1 Å². The maximum Gasteiger partial charge on any atom is 0.276 e. The highest BCUT2D eigenvalue weighted by Crippen LogP contribution is 2.37. The maximum atomic E-state index is 14.4. The Morgan fingerprint density at radius 1 is 0.914 bits per heavy atom. The number of carbonyl (C=O) groups is 3. The highest BCUT2D eigenvalue weighted by atomic mass is 16.5. The third kappa shape index (κ3) is 7.30. The van der Waals surface area contributed by atoms with Gasteiger partial charge in [-0.25, -0.2) is 9.97 Å². The fourth-order valence-corrected chi connectivity index (χ4v) is 8.61. The number of aryl methyl sites for hydroxylation is 3. The number of ether oxygens (including phenoxy) is 1. The number of aromatic nitrogens is 4. The zero-order valence-corrected chi connectivity index (χ0v) is 34.0. The van der Waals surface area contributed by atoms with Crippen LogP contribution in [0.5, 0.6) is 5.75 Å². The molecule has 0 unspecified atom stereocenters. The van der Waals surface area contributed by atoms with Gasteiger partial charge in [-0.1, -0.05) is 44.2 Å². The van der Waals surface area contributed by atoms with Gasteiger partial charge in [-0.05, 0) is 100.0 Å². The number of carbonyl (C=O) groups excluding carboxylic acids is 3. The number of nitrogens with zero attached hydrogens (tertiary/aromatic N) is 7. The normalized spacial score (nSPS) is 15.3. The average Bonchev–Trinajstić information content (AvgIpc) is 3.65. The molecule has 5 aromatic rings. The van der Waals surface area contributed by atoms with Gasteiger partial charge >= 0.3 is 0 Å². The van der Waals surface area contributed by atoms with Crippen LogP contribution in [-0.4, -0.2) is 94.2 Å². The van der Waals surface area contributed by atoms with E-state index in [-0.39, 0.29) is 30.8 Å². The summed E-state index contributed by atoms with van der Waals surface area (Å²) in [6.45, 7) is 6.33. The van der Waals surface area contributed by atoms with Crippen molar-refractivity contribution >= 4 is 40.7 Å². The van der Waals surface area contributed by atoms with Gasteiger partial charge in [0.25, 0.3) is 17.7 Å². The van der Waals surface area contributed by atoms with E-state index in [9.17, 15) is 14.4 Å². The molecule has 300 valence electrons. The molecule has 58 heavy (non-hydrogen) atoms. The van der Waals surface area contributed by atoms with Gasteiger partial charge in [0.15, 0.2) is 5.69 Å². The van der Waals surface area contributed by atoms with Crippen molar-refractivity contribution < 1.29 is 19.1 Å². The Hall–Kier alpha value is -6.08. The predicted octanol–water partition coefficient (Wildman–Crippen LogP) is 6.78. The summed E-state index contributed by atoms with van der Waals surface area (Å²) in [5.41, 5.74) is 8.86. The van der Waals surface area contributed by atoms with Crippen LogP contribution < -0.4 is 20.3 Å². The van der Waals surface area contributed by atoms with Gasteiger partial charge in [-0.2, -0.15) is 5.10 Å². The molecule has 2 aromatic heterocycles. The monoisotopic (exact) mass is 781 g/mol. The third-order valence-electron chi connectivity index (χ3n) is 11.9. The van der Waals surface area contributed by atoms with Gasteiger partial charge in [0.1, 0.15) is 5.75 Å². The first-order valence-corrected chi connectivity index (χ1v) is 20.4. The van der Waals surface area contributed by atoms with Gasteiger partial charge in [0.05, 0.1) is 41.9 Å². The minimum Gasteiger partial charge on any atom is -0.494 e. The molecular weight excluding hydrogens is 731 g/mol. The molecule has 0 atom stereocenters. The summed E-state index contributed by atoms with van der Waals surface area (Å²) in [5, 5.41) is 11.6. The summed E-state index contributed by atoms with van der Waals surface area (Å²) in [5.74, 6) is 0.0563. The lowest BCUT2D eigenvalue weighted by molar-refractivity contribution is 0.0647. The van der Waals surface area contributed by atoms with E-state index >= 15 is 0 Å². The Morgan fingerprint density at radius 2 is 1.62 bits per heavy atom. The van der Waals surface area contributed by atoms with E-state index in [1.165, 1.54) is 4.90 Å². The molecular formula is C45H51N9O4. The Bertz CT molecular complexity index is 2320. The Morgan fingerprint density at radius 3 is 2.28 bits per heavy atom. The first-order chi connectivity index (χ1) is 28.2. The lowest BCUT2D eigenvalue weighted by Crippen LogP contribution is -2.41. The van der Waals surface area contributed by atoms with Gasteiger partial charge in [0.2, 0.25) is 5.95 Å². The fraction of sp³-hybridized carbons (Fsp3) is 0.378. The summed E-state index contributed by atoms with van der Waals surface area (Å²) < 4.78 is 7.62. The van der Waals surface area contributed by atoms with Gasteiger partial charge in [-0.3, -0.25) is 24.0 Å². The van der Waals surface area contributed by atoms with Crippen molar-refractivity contribution in [2.75, 3.05) is 56.4 Å².